The van der Waals surface area contributed by atoms with E-state index in [1.54, 1.807) is 6.33 Å². The van der Waals surface area contributed by atoms with Gasteiger partial charge in [-0.1, -0.05) is 26.2 Å². The molecule has 1 heterocycles. The molecular formula is C14H24N4O. The number of anilines is 2. The highest BCUT2D eigenvalue weighted by Gasteiger charge is 2.23. The highest BCUT2D eigenvalue weighted by molar-refractivity contribution is 5.57. The van der Waals surface area contributed by atoms with Gasteiger partial charge in [0.15, 0.2) is 0 Å². The van der Waals surface area contributed by atoms with Crippen LogP contribution in [-0.2, 0) is 6.42 Å². The van der Waals surface area contributed by atoms with Crippen LogP contribution in [0.1, 0.15) is 44.6 Å². The summed E-state index contributed by atoms with van der Waals surface area (Å²) in [4.78, 5) is 8.58. The summed E-state index contributed by atoms with van der Waals surface area (Å²) >= 11 is 0. The number of aromatic nitrogens is 2. The molecule has 0 aliphatic heterocycles. The average Bonchev–Trinajstić information content (AvgIpc) is 2.64. The fourth-order valence-corrected chi connectivity index (χ4v) is 2.72. The van der Waals surface area contributed by atoms with Crippen molar-refractivity contribution in [1.29, 1.82) is 0 Å². The van der Waals surface area contributed by atoms with Gasteiger partial charge in [0.2, 0.25) is 0 Å². The van der Waals surface area contributed by atoms with Gasteiger partial charge in [0.25, 0.3) is 0 Å². The highest BCUT2D eigenvalue weighted by Crippen LogP contribution is 2.25. The Morgan fingerprint density at radius 1 is 1.21 bits per heavy atom. The van der Waals surface area contributed by atoms with Crippen LogP contribution in [0.5, 0.6) is 0 Å². The van der Waals surface area contributed by atoms with E-state index >= 15 is 0 Å². The summed E-state index contributed by atoms with van der Waals surface area (Å²) in [6.07, 6.45) is 7.53. The van der Waals surface area contributed by atoms with E-state index in [1.165, 1.54) is 12.8 Å². The van der Waals surface area contributed by atoms with Gasteiger partial charge >= 0.3 is 0 Å². The molecule has 0 aromatic carbocycles. The fraction of sp³-hybridized carbons (Fsp3) is 0.714. The fourth-order valence-electron chi connectivity index (χ4n) is 2.72. The maximum absolute atomic E-state index is 10.2. The molecule has 0 saturated heterocycles. The second kappa shape index (κ2) is 6.70. The summed E-state index contributed by atoms with van der Waals surface area (Å²) in [6.45, 7) is 2.09. The van der Waals surface area contributed by atoms with Gasteiger partial charge in [0.05, 0.1) is 12.1 Å². The largest absolute Gasteiger partial charge is 0.391 e. The highest BCUT2D eigenvalue weighted by atomic mass is 16.3. The average molecular weight is 264 g/mol. The molecule has 1 aliphatic rings. The lowest BCUT2D eigenvalue weighted by Gasteiger charge is -2.24. The first-order valence-electron chi connectivity index (χ1n) is 7.22. The Hall–Kier alpha value is -1.36. The van der Waals surface area contributed by atoms with E-state index in [0.29, 0.717) is 0 Å². The van der Waals surface area contributed by atoms with Gasteiger partial charge in [0, 0.05) is 12.6 Å². The van der Waals surface area contributed by atoms with Gasteiger partial charge in [-0.2, -0.15) is 0 Å². The molecule has 1 aliphatic carbocycles. The SMILES string of the molecule is CCc1c(NC)ncnc1NC1CCCCCC1O. The molecule has 106 valence electrons. The molecule has 1 fully saturated rings. The van der Waals surface area contributed by atoms with Gasteiger partial charge in [-0.15, -0.1) is 0 Å². The van der Waals surface area contributed by atoms with Crippen LogP contribution in [0.3, 0.4) is 0 Å². The maximum atomic E-state index is 10.2. The Labute approximate surface area is 114 Å². The Balaban J connectivity index is 2.17. The lowest BCUT2D eigenvalue weighted by Crippen LogP contribution is -2.33. The molecule has 0 amide bonds. The smallest absolute Gasteiger partial charge is 0.135 e. The summed E-state index contributed by atoms with van der Waals surface area (Å²) in [6, 6.07) is 0.104. The molecule has 1 saturated carbocycles. The van der Waals surface area contributed by atoms with Crippen molar-refractivity contribution in [2.75, 3.05) is 17.7 Å². The zero-order valence-corrected chi connectivity index (χ0v) is 11.8. The number of aliphatic hydroxyl groups is 1. The molecule has 1 aromatic rings. The van der Waals surface area contributed by atoms with E-state index in [2.05, 4.69) is 27.5 Å². The van der Waals surface area contributed by atoms with Crippen molar-refractivity contribution in [3.63, 3.8) is 0 Å². The summed E-state index contributed by atoms with van der Waals surface area (Å²) in [5, 5.41) is 16.7. The number of aliphatic hydroxyl groups excluding tert-OH is 1. The first-order valence-corrected chi connectivity index (χ1v) is 7.22. The van der Waals surface area contributed by atoms with Crippen LogP contribution in [0.2, 0.25) is 0 Å². The van der Waals surface area contributed by atoms with Crippen molar-refractivity contribution in [3.05, 3.63) is 11.9 Å². The summed E-state index contributed by atoms with van der Waals surface area (Å²) in [5.74, 6) is 1.72. The number of nitrogens with one attached hydrogen (secondary N) is 2. The standard InChI is InChI=1S/C14H24N4O/c1-3-10-13(15-2)16-9-17-14(10)18-11-7-5-4-6-8-12(11)19/h9,11-12,19H,3-8H2,1-2H3,(H2,15,16,17,18). The topological polar surface area (TPSA) is 70.1 Å². The van der Waals surface area contributed by atoms with E-state index in [4.69, 9.17) is 0 Å². The van der Waals surface area contributed by atoms with Crippen molar-refractivity contribution in [2.45, 2.75) is 57.6 Å². The molecule has 5 heteroatoms. The predicted molar refractivity (Wildman–Crippen MR) is 77.5 cm³/mol. The molecule has 0 radical (unpaired) electrons. The zero-order chi connectivity index (χ0) is 13.7. The van der Waals surface area contributed by atoms with Crippen LogP contribution in [0.4, 0.5) is 11.6 Å². The van der Waals surface area contributed by atoms with Crippen molar-refractivity contribution >= 4 is 11.6 Å². The van der Waals surface area contributed by atoms with Gasteiger partial charge < -0.3 is 15.7 Å². The lowest BCUT2D eigenvalue weighted by atomic mass is 10.1. The number of nitrogens with zero attached hydrogens (tertiary/aromatic N) is 2. The Morgan fingerprint density at radius 2 is 1.95 bits per heavy atom. The van der Waals surface area contributed by atoms with Crippen molar-refractivity contribution in [3.8, 4) is 0 Å². The number of hydrogen-bond acceptors (Lipinski definition) is 5. The Morgan fingerprint density at radius 3 is 2.68 bits per heavy atom. The quantitative estimate of drug-likeness (QED) is 0.727. The molecule has 0 spiro atoms. The normalized spacial score (nSPS) is 23.7. The van der Waals surface area contributed by atoms with Gasteiger partial charge in [-0.3, -0.25) is 0 Å². The molecule has 2 unspecified atom stereocenters. The predicted octanol–water partition coefficient (Wildman–Crippen LogP) is 2.19. The second-order valence-corrected chi connectivity index (χ2v) is 5.11. The van der Waals surface area contributed by atoms with Gasteiger partial charge in [-0.25, -0.2) is 9.97 Å². The molecule has 0 bridgehead atoms. The zero-order valence-electron chi connectivity index (χ0n) is 11.8. The van der Waals surface area contributed by atoms with Crippen LogP contribution in [0, 0.1) is 0 Å². The summed E-state index contributed by atoms with van der Waals surface area (Å²) < 4.78 is 0. The van der Waals surface area contributed by atoms with Crippen LogP contribution >= 0.6 is 0 Å². The van der Waals surface area contributed by atoms with Crippen molar-refractivity contribution in [2.24, 2.45) is 0 Å². The third-order valence-electron chi connectivity index (χ3n) is 3.84. The van der Waals surface area contributed by atoms with E-state index in [-0.39, 0.29) is 12.1 Å². The molecule has 5 nitrogen and oxygen atoms in total. The first-order chi connectivity index (χ1) is 9.26. The summed E-state index contributed by atoms with van der Waals surface area (Å²) in [5.41, 5.74) is 1.08. The third kappa shape index (κ3) is 3.35. The van der Waals surface area contributed by atoms with E-state index < -0.39 is 0 Å². The lowest BCUT2D eigenvalue weighted by molar-refractivity contribution is 0.144. The van der Waals surface area contributed by atoms with Crippen molar-refractivity contribution in [1.82, 2.24) is 9.97 Å². The monoisotopic (exact) mass is 264 g/mol. The van der Waals surface area contributed by atoms with Gasteiger partial charge in [0.1, 0.15) is 18.0 Å². The molecule has 3 N–H and O–H groups in total. The van der Waals surface area contributed by atoms with Crippen LogP contribution < -0.4 is 10.6 Å². The Bertz CT molecular complexity index is 410. The van der Waals surface area contributed by atoms with Crippen molar-refractivity contribution < 1.29 is 5.11 Å². The molecule has 2 rings (SSSR count). The van der Waals surface area contributed by atoms with E-state index in [0.717, 1.165) is 42.9 Å². The molecule has 19 heavy (non-hydrogen) atoms. The van der Waals surface area contributed by atoms with Crippen LogP contribution in [-0.4, -0.2) is 34.3 Å². The molecule has 2 atom stereocenters. The van der Waals surface area contributed by atoms with Crippen LogP contribution in [0.15, 0.2) is 6.33 Å². The number of rotatable bonds is 4. The van der Waals surface area contributed by atoms with E-state index in [1.807, 2.05) is 7.05 Å². The second-order valence-electron chi connectivity index (χ2n) is 5.11. The third-order valence-corrected chi connectivity index (χ3v) is 3.84. The van der Waals surface area contributed by atoms with Gasteiger partial charge in [-0.05, 0) is 19.3 Å². The minimum atomic E-state index is -0.278. The maximum Gasteiger partial charge on any atom is 0.135 e. The van der Waals surface area contributed by atoms with Crippen LogP contribution in [0.25, 0.3) is 0 Å². The Kier molecular flexibility index (Phi) is 4.96. The molecular weight excluding hydrogens is 240 g/mol. The van der Waals surface area contributed by atoms with E-state index in [9.17, 15) is 5.11 Å². The number of hydrogen-bond donors (Lipinski definition) is 3. The molecule has 1 aromatic heterocycles. The summed E-state index contributed by atoms with van der Waals surface area (Å²) in [7, 11) is 1.87. The first kappa shape index (κ1) is 14.1. The minimum Gasteiger partial charge on any atom is -0.391 e. The minimum absolute atomic E-state index is 0.104.